The number of anilines is 1. The zero-order chi connectivity index (χ0) is 13.1. The highest BCUT2D eigenvalue weighted by atomic mass is 127. The summed E-state index contributed by atoms with van der Waals surface area (Å²) >= 11 is 2.21. The number of para-hydroxylation sites is 1. The van der Waals surface area contributed by atoms with Crippen molar-refractivity contribution in [2.24, 2.45) is 0 Å². The molecule has 18 heavy (non-hydrogen) atoms. The highest BCUT2D eigenvalue weighted by molar-refractivity contribution is 14.1. The summed E-state index contributed by atoms with van der Waals surface area (Å²) in [5, 5.41) is 2.94. The third-order valence-electron chi connectivity index (χ3n) is 2.75. The van der Waals surface area contributed by atoms with E-state index in [1.807, 2.05) is 56.3 Å². The van der Waals surface area contributed by atoms with Crippen LogP contribution in [0.25, 0.3) is 0 Å². The van der Waals surface area contributed by atoms with Gasteiger partial charge in [-0.05, 0) is 60.2 Å². The van der Waals surface area contributed by atoms with Gasteiger partial charge in [0, 0.05) is 9.13 Å². The molecule has 0 saturated carbocycles. The van der Waals surface area contributed by atoms with Crippen molar-refractivity contribution < 1.29 is 4.79 Å². The highest BCUT2D eigenvalue weighted by Gasteiger charge is 2.10. The molecular weight excluding hydrogens is 337 g/mol. The van der Waals surface area contributed by atoms with Gasteiger partial charge in [-0.3, -0.25) is 4.79 Å². The van der Waals surface area contributed by atoms with Crippen LogP contribution in [0.2, 0.25) is 0 Å². The average Bonchev–Trinajstić information content (AvgIpc) is 2.32. The Kier molecular flexibility index (Phi) is 4.01. The molecule has 2 nitrogen and oxygen atoms in total. The minimum Gasteiger partial charge on any atom is -0.321 e. The molecule has 0 heterocycles. The van der Waals surface area contributed by atoms with Crippen LogP contribution in [0.1, 0.15) is 21.5 Å². The van der Waals surface area contributed by atoms with Gasteiger partial charge in [-0.15, -0.1) is 0 Å². The van der Waals surface area contributed by atoms with E-state index in [1.165, 1.54) is 5.56 Å². The zero-order valence-electron chi connectivity index (χ0n) is 10.3. The van der Waals surface area contributed by atoms with Gasteiger partial charge in [0.25, 0.3) is 5.91 Å². The van der Waals surface area contributed by atoms with Crippen LogP contribution in [0.5, 0.6) is 0 Å². The van der Waals surface area contributed by atoms with Crippen LogP contribution >= 0.6 is 22.6 Å². The first-order chi connectivity index (χ1) is 8.58. The number of hydrogen-bond donors (Lipinski definition) is 1. The maximum absolute atomic E-state index is 12.2. The van der Waals surface area contributed by atoms with Crippen LogP contribution in [0.15, 0.2) is 42.5 Å². The van der Waals surface area contributed by atoms with Crippen molar-refractivity contribution in [2.75, 3.05) is 5.32 Å². The molecule has 2 aromatic rings. The second-order valence-corrected chi connectivity index (χ2v) is 5.41. The van der Waals surface area contributed by atoms with Crippen LogP contribution in [0.3, 0.4) is 0 Å². The summed E-state index contributed by atoms with van der Waals surface area (Å²) in [6.07, 6.45) is 0. The van der Waals surface area contributed by atoms with Crippen LogP contribution < -0.4 is 5.32 Å². The van der Waals surface area contributed by atoms with Crippen molar-refractivity contribution in [2.45, 2.75) is 13.8 Å². The van der Waals surface area contributed by atoms with E-state index in [2.05, 4.69) is 27.9 Å². The van der Waals surface area contributed by atoms with Crippen LogP contribution in [-0.4, -0.2) is 5.91 Å². The molecule has 1 amide bonds. The van der Waals surface area contributed by atoms with Gasteiger partial charge in [-0.25, -0.2) is 0 Å². The largest absolute Gasteiger partial charge is 0.321 e. The van der Waals surface area contributed by atoms with Crippen molar-refractivity contribution in [3.05, 3.63) is 62.7 Å². The predicted octanol–water partition coefficient (Wildman–Crippen LogP) is 4.16. The summed E-state index contributed by atoms with van der Waals surface area (Å²) in [4.78, 5) is 12.2. The molecule has 1 N–H and O–H groups in total. The first kappa shape index (κ1) is 13.1. The van der Waals surface area contributed by atoms with E-state index in [0.29, 0.717) is 0 Å². The minimum atomic E-state index is -0.0587. The SMILES string of the molecule is Cc1ccc(C(=O)Nc2ccccc2I)c(C)c1. The summed E-state index contributed by atoms with van der Waals surface area (Å²) < 4.78 is 1.04. The van der Waals surface area contributed by atoms with E-state index in [1.54, 1.807) is 0 Å². The average molecular weight is 351 g/mol. The molecule has 0 aliphatic carbocycles. The minimum absolute atomic E-state index is 0.0587. The molecule has 0 aliphatic rings. The van der Waals surface area contributed by atoms with Gasteiger partial charge in [0.05, 0.1) is 5.69 Å². The molecule has 0 atom stereocenters. The number of halogens is 1. The van der Waals surface area contributed by atoms with E-state index < -0.39 is 0 Å². The fraction of sp³-hybridized carbons (Fsp3) is 0.133. The van der Waals surface area contributed by atoms with Crippen LogP contribution in [0, 0.1) is 17.4 Å². The summed E-state index contributed by atoms with van der Waals surface area (Å²) in [5.41, 5.74) is 3.74. The third-order valence-corrected chi connectivity index (χ3v) is 3.69. The zero-order valence-corrected chi connectivity index (χ0v) is 12.5. The first-order valence-corrected chi connectivity index (χ1v) is 6.79. The standard InChI is InChI=1S/C15H14INO/c1-10-7-8-12(11(2)9-10)15(18)17-14-6-4-3-5-13(14)16/h3-9H,1-2H3,(H,17,18). The Morgan fingerprint density at radius 2 is 1.83 bits per heavy atom. The van der Waals surface area contributed by atoms with Crippen molar-refractivity contribution in [3.63, 3.8) is 0 Å². The number of rotatable bonds is 2. The van der Waals surface area contributed by atoms with Gasteiger partial charge in [0.15, 0.2) is 0 Å². The van der Waals surface area contributed by atoms with E-state index in [-0.39, 0.29) is 5.91 Å². The lowest BCUT2D eigenvalue weighted by Crippen LogP contribution is -2.14. The number of amides is 1. The molecule has 2 aromatic carbocycles. The fourth-order valence-electron chi connectivity index (χ4n) is 1.82. The van der Waals surface area contributed by atoms with Gasteiger partial charge >= 0.3 is 0 Å². The van der Waals surface area contributed by atoms with Crippen LogP contribution in [-0.2, 0) is 0 Å². The van der Waals surface area contributed by atoms with Gasteiger partial charge in [-0.2, -0.15) is 0 Å². The Balaban J connectivity index is 2.25. The predicted molar refractivity (Wildman–Crippen MR) is 83.0 cm³/mol. The lowest BCUT2D eigenvalue weighted by atomic mass is 10.1. The summed E-state index contributed by atoms with van der Waals surface area (Å²) in [6, 6.07) is 13.6. The molecule has 0 fully saturated rings. The molecule has 0 unspecified atom stereocenters. The smallest absolute Gasteiger partial charge is 0.255 e. The molecule has 0 saturated heterocycles. The molecule has 0 spiro atoms. The maximum atomic E-state index is 12.2. The van der Waals surface area contributed by atoms with Crippen LogP contribution in [0.4, 0.5) is 5.69 Å². The highest BCUT2D eigenvalue weighted by Crippen LogP contribution is 2.19. The number of benzene rings is 2. The second-order valence-electron chi connectivity index (χ2n) is 4.25. The maximum Gasteiger partial charge on any atom is 0.255 e. The van der Waals surface area contributed by atoms with E-state index >= 15 is 0 Å². The molecule has 92 valence electrons. The first-order valence-electron chi connectivity index (χ1n) is 5.71. The van der Waals surface area contributed by atoms with Crippen molar-refractivity contribution in [3.8, 4) is 0 Å². The fourth-order valence-corrected chi connectivity index (χ4v) is 2.34. The summed E-state index contributed by atoms with van der Waals surface area (Å²) in [7, 11) is 0. The third kappa shape index (κ3) is 2.90. The van der Waals surface area contributed by atoms with E-state index in [9.17, 15) is 4.79 Å². The Labute approximate surface area is 121 Å². The summed E-state index contributed by atoms with van der Waals surface area (Å²) in [5.74, 6) is -0.0587. The molecule has 0 bridgehead atoms. The van der Waals surface area contributed by atoms with Gasteiger partial charge < -0.3 is 5.32 Å². The van der Waals surface area contributed by atoms with E-state index in [4.69, 9.17) is 0 Å². The monoisotopic (exact) mass is 351 g/mol. The van der Waals surface area contributed by atoms with Gasteiger partial charge in [0.2, 0.25) is 0 Å². The molecule has 0 aliphatic heterocycles. The van der Waals surface area contributed by atoms with Gasteiger partial charge in [0.1, 0.15) is 0 Å². The number of carbonyl (C=O) groups excluding carboxylic acids is 1. The normalized spacial score (nSPS) is 10.2. The lowest BCUT2D eigenvalue weighted by Gasteiger charge is -2.09. The molecule has 0 radical (unpaired) electrons. The number of aryl methyl sites for hydroxylation is 2. The Hall–Kier alpha value is -1.36. The second kappa shape index (κ2) is 5.52. The van der Waals surface area contributed by atoms with Crippen molar-refractivity contribution >= 4 is 34.2 Å². The Bertz CT molecular complexity index is 593. The number of carbonyl (C=O) groups is 1. The Morgan fingerprint density at radius 3 is 2.50 bits per heavy atom. The topological polar surface area (TPSA) is 29.1 Å². The molecular formula is C15H14INO. The number of hydrogen-bond acceptors (Lipinski definition) is 1. The quantitative estimate of drug-likeness (QED) is 0.809. The van der Waals surface area contributed by atoms with E-state index in [0.717, 1.165) is 20.4 Å². The van der Waals surface area contributed by atoms with Crippen molar-refractivity contribution in [1.29, 1.82) is 0 Å². The Morgan fingerprint density at radius 1 is 1.11 bits per heavy atom. The molecule has 3 heteroatoms. The lowest BCUT2D eigenvalue weighted by molar-refractivity contribution is 0.102. The van der Waals surface area contributed by atoms with Crippen molar-refractivity contribution in [1.82, 2.24) is 0 Å². The molecule has 2 rings (SSSR count). The molecule has 0 aromatic heterocycles. The summed E-state index contributed by atoms with van der Waals surface area (Å²) in [6.45, 7) is 3.98. The van der Waals surface area contributed by atoms with Gasteiger partial charge in [-0.1, -0.05) is 29.8 Å². The number of nitrogens with one attached hydrogen (secondary N) is 1.